The molecule has 0 aliphatic heterocycles. The summed E-state index contributed by atoms with van der Waals surface area (Å²) in [5.41, 5.74) is -0.590. The van der Waals surface area contributed by atoms with Gasteiger partial charge in [-0.2, -0.15) is 17.6 Å². The molecule has 0 atom stereocenters. The van der Waals surface area contributed by atoms with Crippen LogP contribution in [0.1, 0.15) is 29.8 Å². The number of halogens is 4. The van der Waals surface area contributed by atoms with Crippen molar-refractivity contribution in [3.8, 4) is 11.6 Å². The first kappa shape index (κ1) is 18.7. The molecule has 1 heterocycles. The maximum atomic E-state index is 13.6. The number of hydrogen-bond acceptors (Lipinski definition) is 4. The lowest BCUT2D eigenvalue weighted by Gasteiger charge is -2.23. The predicted molar refractivity (Wildman–Crippen MR) is 81.2 cm³/mol. The highest BCUT2D eigenvalue weighted by Crippen LogP contribution is 2.42. The van der Waals surface area contributed by atoms with E-state index in [2.05, 4.69) is 4.98 Å². The Hall–Kier alpha value is -2.64. The van der Waals surface area contributed by atoms with Crippen LogP contribution in [0.5, 0.6) is 11.6 Å². The minimum atomic E-state index is -4.29. The van der Waals surface area contributed by atoms with Crippen molar-refractivity contribution in [2.75, 3.05) is 6.61 Å². The molecular weight excluding hydrogens is 342 g/mol. The third kappa shape index (κ3) is 4.26. The average Bonchev–Trinajstić information content (AvgIpc) is 2.55. The SMILES string of the molecule is CCOC(=O)c1ccc(Oc2ccc(C(F)(F)C(C)(F)F)cc2)nc1. The highest BCUT2D eigenvalue weighted by atomic mass is 19.3. The summed E-state index contributed by atoms with van der Waals surface area (Å²) in [4.78, 5) is 15.4. The van der Waals surface area contributed by atoms with E-state index in [0.29, 0.717) is 0 Å². The molecule has 1 aromatic heterocycles. The van der Waals surface area contributed by atoms with E-state index < -0.39 is 23.4 Å². The molecule has 2 aromatic rings. The summed E-state index contributed by atoms with van der Waals surface area (Å²) in [6.45, 7) is 2.06. The Bertz CT molecular complexity index is 725. The van der Waals surface area contributed by atoms with Gasteiger partial charge in [-0.1, -0.05) is 0 Å². The van der Waals surface area contributed by atoms with Crippen LogP contribution in [0.15, 0.2) is 42.6 Å². The number of ether oxygens (including phenoxy) is 2. The molecule has 0 saturated carbocycles. The molecule has 2 rings (SSSR count). The van der Waals surface area contributed by atoms with Crippen molar-refractivity contribution in [3.63, 3.8) is 0 Å². The van der Waals surface area contributed by atoms with E-state index in [1.54, 1.807) is 6.92 Å². The summed E-state index contributed by atoms with van der Waals surface area (Å²) in [6.07, 6.45) is 1.24. The van der Waals surface area contributed by atoms with E-state index in [1.165, 1.54) is 18.3 Å². The first-order valence-corrected chi connectivity index (χ1v) is 7.32. The van der Waals surface area contributed by atoms with Gasteiger partial charge in [0.05, 0.1) is 12.2 Å². The monoisotopic (exact) mass is 357 g/mol. The Morgan fingerprint density at radius 3 is 2.20 bits per heavy atom. The van der Waals surface area contributed by atoms with Crippen LogP contribution in [0.3, 0.4) is 0 Å². The zero-order valence-corrected chi connectivity index (χ0v) is 13.4. The molecule has 4 nitrogen and oxygen atoms in total. The summed E-state index contributed by atoms with van der Waals surface area (Å²) < 4.78 is 63.2. The van der Waals surface area contributed by atoms with Crippen molar-refractivity contribution < 1.29 is 31.8 Å². The van der Waals surface area contributed by atoms with Gasteiger partial charge in [-0.15, -0.1) is 0 Å². The average molecular weight is 357 g/mol. The number of aromatic nitrogens is 1. The lowest BCUT2D eigenvalue weighted by molar-refractivity contribution is -0.204. The molecule has 0 fully saturated rings. The minimum absolute atomic E-state index is 0.105. The largest absolute Gasteiger partial charge is 0.462 e. The quantitative estimate of drug-likeness (QED) is 0.551. The van der Waals surface area contributed by atoms with E-state index in [-0.39, 0.29) is 30.7 Å². The smallest absolute Gasteiger partial charge is 0.339 e. The van der Waals surface area contributed by atoms with Crippen LogP contribution in [-0.4, -0.2) is 23.5 Å². The molecule has 0 aliphatic rings. The van der Waals surface area contributed by atoms with Gasteiger partial charge in [0.25, 0.3) is 0 Å². The lowest BCUT2D eigenvalue weighted by atomic mass is 10.0. The molecule has 0 spiro atoms. The Kier molecular flexibility index (Phi) is 5.30. The van der Waals surface area contributed by atoms with Crippen molar-refractivity contribution in [2.24, 2.45) is 0 Å². The van der Waals surface area contributed by atoms with E-state index in [1.807, 2.05) is 0 Å². The van der Waals surface area contributed by atoms with Gasteiger partial charge < -0.3 is 9.47 Å². The molecule has 0 amide bonds. The second-order valence-corrected chi connectivity index (χ2v) is 5.19. The van der Waals surface area contributed by atoms with Crippen molar-refractivity contribution in [3.05, 3.63) is 53.7 Å². The molecule has 0 N–H and O–H groups in total. The van der Waals surface area contributed by atoms with Crippen LogP contribution in [0.25, 0.3) is 0 Å². The van der Waals surface area contributed by atoms with Crippen molar-refractivity contribution in [1.29, 1.82) is 0 Å². The maximum Gasteiger partial charge on any atom is 0.339 e. The van der Waals surface area contributed by atoms with Crippen LogP contribution in [0, 0.1) is 0 Å². The van der Waals surface area contributed by atoms with Crippen LogP contribution >= 0.6 is 0 Å². The molecule has 0 bridgehead atoms. The van der Waals surface area contributed by atoms with Gasteiger partial charge in [-0.3, -0.25) is 0 Å². The summed E-state index contributed by atoms with van der Waals surface area (Å²) >= 11 is 0. The first-order chi connectivity index (χ1) is 11.6. The van der Waals surface area contributed by atoms with Gasteiger partial charge in [-0.25, -0.2) is 9.78 Å². The molecule has 134 valence electrons. The van der Waals surface area contributed by atoms with E-state index in [4.69, 9.17) is 9.47 Å². The number of alkyl halides is 4. The van der Waals surface area contributed by atoms with Crippen LogP contribution in [0.4, 0.5) is 17.6 Å². The van der Waals surface area contributed by atoms with Gasteiger partial charge in [0.15, 0.2) is 0 Å². The fourth-order valence-electron chi connectivity index (χ4n) is 1.88. The molecule has 0 unspecified atom stereocenters. The highest BCUT2D eigenvalue weighted by Gasteiger charge is 2.53. The van der Waals surface area contributed by atoms with E-state index in [9.17, 15) is 22.4 Å². The number of nitrogens with zero attached hydrogens (tertiary/aromatic N) is 1. The third-order valence-corrected chi connectivity index (χ3v) is 3.24. The second kappa shape index (κ2) is 7.08. The molecule has 0 aliphatic carbocycles. The highest BCUT2D eigenvalue weighted by molar-refractivity contribution is 5.89. The zero-order chi connectivity index (χ0) is 18.7. The number of benzene rings is 1. The van der Waals surface area contributed by atoms with Crippen LogP contribution in [0.2, 0.25) is 0 Å². The summed E-state index contributed by atoms with van der Waals surface area (Å²) in [5.74, 6) is -8.76. The molecule has 8 heteroatoms. The number of carbonyl (C=O) groups excluding carboxylic acids is 1. The summed E-state index contributed by atoms with van der Waals surface area (Å²) in [6, 6.07) is 6.82. The molecule has 0 radical (unpaired) electrons. The topological polar surface area (TPSA) is 48.4 Å². The molecule has 1 aromatic carbocycles. The minimum Gasteiger partial charge on any atom is -0.462 e. The molecular formula is C17H15F4NO3. The fourth-order valence-corrected chi connectivity index (χ4v) is 1.88. The van der Waals surface area contributed by atoms with Gasteiger partial charge in [0.2, 0.25) is 5.88 Å². The first-order valence-electron chi connectivity index (χ1n) is 7.32. The number of rotatable bonds is 6. The van der Waals surface area contributed by atoms with E-state index >= 15 is 0 Å². The molecule has 0 saturated heterocycles. The zero-order valence-electron chi connectivity index (χ0n) is 13.4. The third-order valence-electron chi connectivity index (χ3n) is 3.24. The Morgan fingerprint density at radius 2 is 1.72 bits per heavy atom. The van der Waals surface area contributed by atoms with Crippen LogP contribution in [-0.2, 0) is 10.7 Å². The van der Waals surface area contributed by atoms with Crippen molar-refractivity contribution in [2.45, 2.75) is 25.7 Å². The lowest BCUT2D eigenvalue weighted by Crippen LogP contribution is -2.34. The predicted octanol–water partition coefficient (Wildman–Crippen LogP) is 4.80. The number of esters is 1. The number of carbonyl (C=O) groups is 1. The maximum absolute atomic E-state index is 13.6. The number of hydrogen-bond donors (Lipinski definition) is 0. The fraction of sp³-hybridized carbons (Fsp3) is 0.294. The van der Waals surface area contributed by atoms with Gasteiger partial charge in [0.1, 0.15) is 5.75 Å². The van der Waals surface area contributed by atoms with E-state index in [0.717, 1.165) is 24.3 Å². The Labute approximate surface area is 141 Å². The Balaban J connectivity index is 2.10. The Morgan fingerprint density at radius 1 is 1.08 bits per heavy atom. The summed E-state index contributed by atoms with van der Waals surface area (Å²) in [7, 11) is 0. The normalized spacial score (nSPS) is 11.9. The van der Waals surface area contributed by atoms with Gasteiger partial charge >= 0.3 is 17.8 Å². The van der Waals surface area contributed by atoms with Crippen molar-refractivity contribution in [1.82, 2.24) is 4.98 Å². The second-order valence-electron chi connectivity index (χ2n) is 5.19. The summed E-state index contributed by atoms with van der Waals surface area (Å²) in [5, 5.41) is 0. The van der Waals surface area contributed by atoms with Crippen molar-refractivity contribution >= 4 is 5.97 Å². The van der Waals surface area contributed by atoms with Gasteiger partial charge in [-0.05, 0) is 37.3 Å². The van der Waals surface area contributed by atoms with Crippen LogP contribution < -0.4 is 4.74 Å². The van der Waals surface area contributed by atoms with Gasteiger partial charge in [0, 0.05) is 24.8 Å². The standard InChI is InChI=1S/C17H15F4NO3/c1-3-24-15(23)11-4-9-14(22-10-11)25-13-7-5-12(6-8-13)17(20,21)16(2,18)19/h4-10H,3H2,1-2H3. The number of pyridine rings is 1. The molecule has 25 heavy (non-hydrogen) atoms.